The first-order valence-corrected chi connectivity index (χ1v) is 3.99. The van der Waals surface area contributed by atoms with E-state index in [0.29, 0.717) is 13.1 Å². The number of carbonyl (C=O) groups is 1. The molecule has 3 nitrogen and oxygen atoms in total. The lowest BCUT2D eigenvalue weighted by Crippen LogP contribution is -2.46. The fraction of sp³-hybridized carbons (Fsp3) is 0.857. The lowest BCUT2D eigenvalue weighted by Gasteiger charge is -2.25. The second-order valence-corrected chi connectivity index (χ2v) is 3.33. The third-order valence-electron chi connectivity index (χ3n) is 2.05. The van der Waals surface area contributed by atoms with Crippen LogP contribution in [0, 0.1) is 0 Å². The predicted octanol–water partition coefficient (Wildman–Crippen LogP) is 1.25. The van der Waals surface area contributed by atoms with Crippen LogP contribution in [-0.4, -0.2) is 36.9 Å². The van der Waals surface area contributed by atoms with Crippen LogP contribution in [-0.2, 0) is 9.63 Å². The molecule has 76 valence electrons. The number of halogens is 3. The van der Waals surface area contributed by atoms with Gasteiger partial charge in [-0.25, -0.2) is 4.79 Å². The highest BCUT2D eigenvalue weighted by atomic mass is 19.4. The maximum atomic E-state index is 11.8. The van der Waals surface area contributed by atoms with E-state index >= 15 is 0 Å². The first-order valence-electron chi connectivity index (χ1n) is 3.99. The summed E-state index contributed by atoms with van der Waals surface area (Å²) in [5.74, 6) is -2.10. The molecule has 0 saturated carbocycles. The average molecular weight is 198 g/mol. The Kier molecular flexibility index (Phi) is 2.51. The van der Waals surface area contributed by atoms with Gasteiger partial charge in [-0.15, -0.1) is 4.65 Å². The molecule has 1 aliphatic rings. The highest BCUT2D eigenvalue weighted by molar-refractivity contribution is 5.74. The first-order chi connectivity index (χ1) is 5.83. The summed E-state index contributed by atoms with van der Waals surface area (Å²) in [6.07, 6.45) is -3.30. The number of nitrogens with zero attached hydrogens (tertiary/aromatic N) is 1. The van der Waals surface area contributed by atoms with Gasteiger partial charge in [0, 0.05) is 12.8 Å². The van der Waals surface area contributed by atoms with Crippen LogP contribution in [0.5, 0.6) is 0 Å². The third kappa shape index (κ3) is 2.58. The number of quaternary nitrogens is 1. The topological polar surface area (TPSA) is 26.3 Å². The Morgan fingerprint density at radius 2 is 1.77 bits per heavy atom. The fourth-order valence-corrected chi connectivity index (χ4v) is 1.35. The summed E-state index contributed by atoms with van der Waals surface area (Å²) < 4.78 is 35.1. The summed E-state index contributed by atoms with van der Waals surface area (Å²) in [6.45, 7) is 0.920. The van der Waals surface area contributed by atoms with Crippen molar-refractivity contribution in [2.45, 2.75) is 19.0 Å². The van der Waals surface area contributed by atoms with E-state index in [1.807, 2.05) is 0 Å². The summed E-state index contributed by atoms with van der Waals surface area (Å²) in [5, 5.41) is 0. The van der Waals surface area contributed by atoms with Crippen LogP contribution in [0.1, 0.15) is 12.8 Å². The molecule has 0 aromatic carbocycles. The fourth-order valence-electron chi connectivity index (χ4n) is 1.35. The van der Waals surface area contributed by atoms with Crippen LogP contribution in [0.3, 0.4) is 0 Å². The largest absolute Gasteiger partial charge is 0.497 e. The Bertz CT molecular complexity index is 208. The third-order valence-corrected chi connectivity index (χ3v) is 2.05. The van der Waals surface area contributed by atoms with Crippen molar-refractivity contribution in [1.82, 2.24) is 0 Å². The quantitative estimate of drug-likeness (QED) is 0.592. The zero-order valence-electron chi connectivity index (χ0n) is 7.23. The monoisotopic (exact) mass is 198 g/mol. The molecule has 1 aliphatic heterocycles. The summed E-state index contributed by atoms with van der Waals surface area (Å²) in [7, 11) is 1.48. The van der Waals surface area contributed by atoms with Crippen LogP contribution in [0.15, 0.2) is 0 Å². The van der Waals surface area contributed by atoms with Gasteiger partial charge in [-0.3, -0.25) is 4.84 Å². The SMILES string of the molecule is C[N+]1(OC(=O)C(F)(F)F)CCCC1. The maximum absolute atomic E-state index is 11.8. The molecule has 1 rings (SSSR count). The Morgan fingerprint density at radius 3 is 2.15 bits per heavy atom. The molecular weight excluding hydrogens is 187 g/mol. The van der Waals surface area contributed by atoms with Gasteiger partial charge in [-0.05, 0) is 0 Å². The summed E-state index contributed by atoms with van der Waals surface area (Å²) in [5.41, 5.74) is 0. The van der Waals surface area contributed by atoms with E-state index in [-0.39, 0.29) is 4.65 Å². The average Bonchev–Trinajstić information content (AvgIpc) is 2.33. The molecule has 0 atom stereocenters. The molecule has 1 saturated heterocycles. The molecule has 0 aliphatic carbocycles. The summed E-state index contributed by atoms with van der Waals surface area (Å²) >= 11 is 0. The van der Waals surface area contributed by atoms with Gasteiger partial charge in [-0.2, -0.15) is 13.2 Å². The van der Waals surface area contributed by atoms with Crippen molar-refractivity contribution in [3.05, 3.63) is 0 Å². The van der Waals surface area contributed by atoms with Crippen LogP contribution >= 0.6 is 0 Å². The molecule has 0 amide bonds. The molecule has 0 aromatic rings. The summed E-state index contributed by atoms with van der Waals surface area (Å²) in [4.78, 5) is 14.8. The van der Waals surface area contributed by atoms with E-state index in [1.54, 1.807) is 0 Å². The molecule has 0 unspecified atom stereocenters. The Labute approximate surface area is 73.6 Å². The molecule has 13 heavy (non-hydrogen) atoms. The number of carbonyl (C=O) groups excluding carboxylic acids is 1. The van der Waals surface area contributed by atoms with Crippen LogP contribution < -0.4 is 0 Å². The number of hydrogen-bond acceptors (Lipinski definition) is 2. The van der Waals surface area contributed by atoms with E-state index in [2.05, 4.69) is 4.84 Å². The standard InChI is InChI=1S/C7H11F3NO2/c1-11(4-2-3-5-11)13-6(12)7(8,9)10/h2-5H2,1H3/q+1. The molecule has 0 N–H and O–H groups in total. The number of hydrogen-bond donors (Lipinski definition) is 0. The molecular formula is C7H11F3NO2+. The van der Waals surface area contributed by atoms with E-state index in [0.717, 1.165) is 12.8 Å². The normalized spacial score (nSPS) is 21.5. The van der Waals surface area contributed by atoms with Crippen molar-refractivity contribution in [3.8, 4) is 0 Å². The molecule has 0 bridgehead atoms. The second kappa shape index (κ2) is 3.17. The lowest BCUT2D eigenvalue weighted by atomic mass is 10.4. The molecule has 6 heteroatoms. The highest BCUT2D eigenvalue weighted by Gasteiger charge is 2.47. The van der Waals surface area contributed by atoms with Crippen molar-refractivity contribution >= 4 is 5.97 Å². The summed E-state index contributed by atoms with van der Waals surface area (Å²) in [6, 6.07) is 0. The minimum Gasteiger partial charge on any atom is -0.266 e. The van der Waals surface area contributed by atoms with Gasteiger partial charge in [0.25, 0.3) is 0 Å². The van der Waals surface area contributed by atoms with E-state index < -0.39 is 12.1 Å². The van der Waals surface area contributed by atoms with Gasteiger partial charge in [0.05, 0.1) is 0 Å². The van der Waals surface area contributed by atoms with E-state index in [9.17, 15) is 18.0 Å². The highest BCUT2D eigenvalue weighted by Crippen LogP contribution is 2.23. The Hall–Kier alpha value is -0.780. The van der Waals surface area contributed by atoms with Gasteiger partial charge < -0.3 is 0 Å². The van der Waals surface area contributed by atoms with Crippen molar-refractivity contribution in [1.29, 1.82) is 0 Å². The molecule has 1 fully saturated rings. The molecule has 0 radical (unpaired) electrons. The van der Waals surface area contributed by atoms with Gasteiger partial charge in [0.15, 0.2) is 0 Å². The zero-order valence-corrected chi connectivity index (χ0v) is 7.23. The van der Waals surface area contributed by atoms with Crippen molar-refractivity contribution < 1.29 is 27.4 Å². The maximum Gasteiger partial charge on any atom is 0.497 e. The Balaban J connectivity index is 2.53. The number of hydroxylamine groups is 3. The van der Waals surface area contributed by atoms with Gasteiger partial charge in [-0.1, -0.05) is 0 Å². The number of likely N-dealkylation sites (tertiary alicyclic amines) is 1. The minimum atomic E-state index is -4.89. The predicted molar refractivity (Wildman–Crippen MR) is 37.3 cm³/mol. The molecule has 0 aromatic heterocycles. The van der Waals surface area contributed by atoms with Crippen molar-refractivity contribution in [2.75, 3.05) is 20.1 Å². The molecule has 1 heterocycles. The minimum absolute atomic E-state index is 0.252. The van der Waals surface area contributed by atoms with Gasteiger partial charge in [0.1, 0.15) is 20.1 Å². The van der Waals surface area contributed by atoms with Crippen LogP contribution in [0.25, 0.3) is 0 Å². The van der Waals surface area contributed by atoms with Crippen molar-refractivity contribution in [3.63, 3.8) is 0 Å². The van der Waals surface area contributed by atoms with E-state index in [4.69, 9.17) is 0 Å². The van der Waals surface area contributed by atoms with Crippen molar-refractivity contribution in [2.24, 2.45) is 0 Å². The van der Waals surface area contributed by atoms with Gasteiger partial charge in [0.2, 0.25) is 0 Å². The van der Waals surface area contributed by atoms with Crippen LogP contribution in [0.2, 0.25) is 0 Å². The number of rotatable bonds is 1. The Morgan fingerprint density at radius 1 is 1.31 bits per heavy atom. The second-order valence-electron chi connectivity index (χ2n) is 3.33. The van der Waals surface area contributed by atoms with Gasteiger partial charge >= 0.3 is 12.1 Å². The number of alkyl halides is 3. The van der Waals surface area contributed by atoms with E-state index in [1.165, 1.54) is 7.05 Å². The lowest BCUT2D eigenvalue weighted by molar-refractivity contribution is -1.07. The smallest absolute Gasteiger partial charge is 0.266 e. The van der Waals surface area contributed by atoms with Crippen LogP contribution in [0.4, 0.5) is 13.2 Å². The molecule has 0 spiro atoms. The first kappa shape index (κ1) is 10.3. The zero-order chi connectivity index (χ0) is 10.1.